The molecule has 9 rings (SSSR count). The van der Waals surface area contributed by atoms with Crippen LogP contribution in [-0.2, 0) is 20.1 Å². The quantitative estimate of drug-likeness (QED) is 0.166. The molecule has 0 atom stereocenters. The van der Waals surface area contributed by atoms with Crippen LogP contribution in [0, 0.1) is 19.0 Å². The molecule has 8 aromatic rings. The molecule has 0 unspecified atom stereocenters. The van der Waals surface area contributed by atoms with E-state index in [4.69, 9.17) is 8.53 Å². The largest absolute Gasteiger partial charge is 0.500 e. The Morgan fingerprint density at radius 1 is 0.688 bits per heavy atom. The van der Waals surface area contributed by atoms with Crippen LogP contribution >= 0.6 is 0 Å². The summed E-state index contributed by atoms with van der Waals surface area (Å²) >= 11 is 0. The van der Waals surface area contributed by atoms with E-state index in [-0.39, 0.29) is 25.8 Å². The number of anilines is 4. The SMILES string of the molecule is [2H]C([2H])([2H])c1ccc2c(n1)oc1c(N3CN(c4ccccc4)c4ccccc43)[c-]ccc12.[Ir].[c-]1ccc(-c2ccccc2)cc1-c1ccccn1. The first kappa shape index (κ1) is 27.6. The van der Waals surface area contributed by atoms with Gasteiger partial charge in [0, 0.05) is 52.8 Å². The number of furan rings is 1. The number of pyridine rings is 2. The summed E-state index contributed by atoms with van der Waals surface area (Å²) in [5.41, 5.74) is 9.41. The number of aryl methyl sites for hydroxylation is 1. The number of hydrogen-bond acceptors (Lipinski definition) is 5. The molecule has 0 N–H and O–H groups in total. The molecule has 0 saturated heterocycles. The van der Waals surface area contributed by atoms with Gasteiger partial charge >= 0.3 is 0 Å². The monoisotopic (exact) mass is 802 g/mol. The van der Waals surface area contributed by atoms with Gasteiger partial charge in [-0.1, -0.05) is 78.2 Å². The van der Waals surface area contributed by atoms with E-state index in [1.54, 1.807) is 18.3 Å². The minimum absolute atomic E-state index is 0. The summed E-state index contributed by atoms with van der Waals surface area (Å²) < 4.78 is 29.1. The molecule has 0 bridgehead atoms. The second kappa shape index (κ2) is 13.7. The van der Waals surface area contributed by atoms with E-state index in [0.29, 0.717) is 18.0 Å². The predicted octanol–water partition coefficient (Wildman–Crippen LogP) is 10.6. The van der Waals surface area contributed by atoms with Crippen LogP contribution in [0.4, 0.5) is 22.7 Å². The molecule has 6 heteroatoms. The van der Waals surface area contributed by atoms with Crippen LogP contribution in [0.2, 0.25) is 0 Å². The zero-order chi connectivity index (χ0) is 34.1. The maximum Gasteiger partial charge on any atom is 0.212 e. The Kier molecular flexibility index (Phi) is 7.84. The molecule has 3 aromatic heterocycles. The fourth-order valence-electron chi connectivity index (χ4n) is 5.99. The summed E-state index contributed by atoms with van der Waals surface area (Å²) in [7, 11) is 0. The number of aromatic nitrogens is 2. The molecule has 0 amide bonds. The molecule has 0 fully saturated rings. The molecule has 0 saturated carbocycles. The van der Waals surface area contributed by atoms with Crippen LogP contribution in [0.25, 0.3) is 44.5 Å². The van der Waals surface area contributed by atoms with Gasteiger partial charge in [-0.3, -0.25) is 0 Å². The average molecular weight is 802 g/mol. The van der Waals surface area contributed by atoms with E-state index in [1.165, 1.54) is 11.1 Å². The molecule has 4 heterocycles. The van der Waals surface area contributed by atoms with Gasteiger partial charge in [0.25, 0.3) is 0 Å². The molecular weight excluding hydrogens is 769 g/mol. The molecule has 48 heavy (non-hydrogen) atoms. The van der Waals surface area contributed by atoms with Gasteiger partial charge in [0.15, 0.2) is 0 Å². The summed E-state index contributed by atoms with van der Waals surface area (Å²) in [4.78, 5) is 13.0. The Morgan fingerprint density at radius 3 is 2.19 bits per heavy atom. The molecular formula is C42H30IrN4O-2. The van der Waals surface area contributed by atoms with Gasteiger partial charge < -0.3 is 19.2 Å². The fraction of sp³-hybridized carbons (Fsp3) is 0.0476. The molecule has 1 aliphatic heterocycles. The first-order valence-corrected chi connectivity index (χ1v) is 15.4. The van der Waals surface area contributed by atoms with Crippen molar-refractivity contribution < 1.29 is 28.6 Å². The zero-order valence-electron chi connectivity index (χ0n) is 28.7. The van der Waals surface area contributed by atoms with Crippen molar-refractivity contribution in [1.29, 1.82) is 0 Å². The number of rotatable bonds is 4. The summed E-state index contributed by atoms with van der Waals surface area (Å²) in [5, 5.41) is 1.67. The summed E-state index contributed by atoms with van der Waals surface area (Å²) in [5.74, 6) is 0. The standard InChI is InChI=1S/C25H18N3O.C17H12N.Ir/c1-17-14-15-20-19-10-7-13-23(24(19)29-25(20)26-17)28-16-27(18-8-3-2-4-9-18)21-11-5-6-12-22(21)28;1-2-7-14(8-3-1)15-9-6-10-16(13-15)17-11-4-5-12-18-17;/h2-12,14-15H,16H2,1H3;1-9,11-13H;/q2*-1;/i1D3;;. The van der Waals surface area contributed by atoms with E-state index in [2.05, 4.69) is 80.4 Å². The van der Waals surface area contributed by atoms with Crippen LogP contribution in [0.1, 0.15) is 9.81 Å². The van der Waals surface area contributed by atoms with Gasteiger partial charge in [0.2, 0.25) is 5.71 Å². The van der Waals surface area contributed by atoms with Gasteiger partial charge in [0.1, 0.15) is 0 Å². The number of hydrogen-bond donors (Lipinski definition) is 0. The van der Waals surface area contributed by atoms with Crippen LogP contribution in [0.5, 0.6) is 0 Å². The minimum Gasteiger partial charge on any atom is -0.500 e. The van der Waals surface area contributed by atoms with Crippen LogP contribution in [0.15, 0.2) is 156 Å². The van der Waals surface area contributed by atoms with Gasteiger partial charge in [-0.05, 0) is 66.3 Å². The molecule has 1 radical (unpaired) electrons. The third-order valence-electron chi connectivity index (χ3n) is 8.21. The normalized spacial score (nSPS) is 13.1. The first-order valence-electron chi connectivity index (χ1n) is 16.9. The van der Waals surface area contributed by atoms with Crippen molar-refractivity contribution in [2.75, 3.05) is 16.5 Å². The Bertz CT molecular complexity index is 2360. The average Bonchev–Trinajstić information content (AvgIpc) is 3.75. The number of nitrogens with zero attached hydrogens (tertiary/aromatic N) is 4. The third-order valence-corrected chi connectivity index (χ3v) is 8.21. The summed E-state index contributed by atoms with van der Waals surface area (Å²) in [6, 6.07) is 54.6. The van der Waals surface area contributed by atoms with Crippen LogP contribution < -0.4 is 9.80 Å². The van der Waals surface area contributed by atoms with Crippen molar-refractivity contribution in [1.82, 2.24) is 9.97 Å². The van der Waals surface area contributed by atoms with Crippen LogP contribution in [0.3, 0.4) is 0 Å². The molecule has 235 valence electrons. The van der Waals surface area contributed by atoms with Crippen LogP contribution in [-0.4, -0.2) is 16.6 Å². The number of fused-ring (bicyclic) bond motifs is 4. The molecule has 1 aliphatic rings. The van der Waals surface area contributed by atoms with Crippen molar-refractivity contribution in [3.8, 4) is 22.4 Å². The van der Waals surface area contributed by atoms with E-state index in [0.717, 1.165) is 44.8 Å². The number of para-hydroxylation sites is 3. The van der Waals surface area contributed by atoms with Crippen molar-refractivity contribution in [3.63, 3.8) is 0 Å². The maximum atomic E-state index is 7.66. The fourth-order valence-corrected chi connectivity index (χ4v) is 5.99. The molecule has 0 aliphatic carbocycles. The van der Waals surface area contributed by atoms with E-state index in [9.17, 15) is 0 Å². The van der Waals surface area contributed by atoms with Gasteiger partial charge in [-0.15, -0.1) is 35.4 Å². The predicted molar refractivity (Wildman–Crippen MR) is 191 cm³/mol. The van der Waals surface area contributed by atoms with Crippen molar-refractivity contribution >= 4 is 44.8 Å². The van der Waals surface area contributed by atoms with Crippen molar-refractivity contribution in [2.45, 2.75) is 6.85 Å². The second-order valence-corrected chi connectivity index (χ2v) is 11.1. The molecule has 5 aromatic carbocycles. The minimum atomic E-state index is -2.29. The maximum absolute atomic E-state index is 7.66. The topological polar surface area (TPSA) is 45.4 Å². The van der Waals surface area contributed by atoms with Crippen molar-refractivity contribution in [3.05, 3.63) is 170 Å². The Labute approximate surface area is 297 Å². The van der Waals surface area contributed by atoms with E-state index >= 15 is 0 Å². The summed E-state index contributed by atoms with van der Waals surface area (Å²) in [6.07, 6.45) is 1.80. The Morgan fingerprint density at radius 2 is 1.42 bits per heavy atom. The molecule has 5 nitrogen and oxygen atoms in total. The van der Waals surface area contributed by atoms with Gasteiger partial charge in [-0.2, -0.15) is 18.2 Å². The Hall–Kier alpha value is -5.55. The smallest absolute Gasteiger partial charge is 0.212 e. The molecule has 0 spiro atoms. The Balaban J connectivity index is 0.000000182. The second-order valence-electron chi connectivity index (χ2n) is 11.1. The number of benzene rings is 5. The van der Waals surface area contributed by atoms with Crippen molar-refractivity contribution in [2.24, 2.45) is 0 Å². The van der Waals surface area contributed by atoms with E-state index < -0.39 is 6.85 Å². The first-order chi connectivity index (χ1) is 24.4. The summed E-state index contributed by atoms with van der Waals surface area (Å²) in [6.45, 7) is -1.68. The van der Waals surface area contributed by atoms with E-state index in [1.807, 2.05) is 84.9 Å². The zero-order valence-corrected chi connectivity index (χ0v) is 28.1. The van der Waals surface area contributed by atoms with Gasteiger partial charge in [0.05, 0.1) is 18.0 Å². The third kappa shape index (κ3) is 6.00. The van der Waals surface area contributed by atoms with Gasteiger partial charge in [-0.25, -0.2) is 4.98 Å².